The standard InChI is InChI=1S/C14H15F7N2O.2ClH/c15-10-7-9(1-2-12(10)24-14(19,20)21)11(8-13(16,17)18)23-5-3-22-4-6-23;;/h1-2,7,11,22H,3-6,8H2;2*1H/t11-;;/m0../s1. The van der Waals surface area contributed by atoms with E-state index < -0.39 is 36.6 Å². The second-order valence-corrected chi connectivity index (χ2v) is 5.36. The second kappa shape index (κ2) is 9.82. The number of benzene rings is 1. The molecular weight excluding hydrogens is 416 g/mol. The van der Waals surface area contributed by atoms with Crippen LogP contribution in [-0.4, -0.2) is 43.6 Å². The molecule has 0 bridgehead atoms. The fraction of sp³-hybridized carbons (Fsp3) is 0.571. The van der Waals surface area contributed by atoms with E-state index in [4.69, 9.17) is 0 Å². The number of ether oxygens (including phenoxy) is 1. The van der Waals surface area contributed by atoms with Gasteiger partial charge in [-0.3, -0.25) is 4.90 Å². The maximum absolute atomic E-state index is 13.8. The van der Waals surface area contributed by atoms with Crippen molar-refractivity contribution in [1.29, 1.82) is 0 Å². The molecule has 0 spiro atoms. The number of alkyl halides is 6. The summed E-state index contributed by atoms with van der Waals surface area (Å²) < 4.78 is 92.2. The quantitative estimate of drug-likeness (QED) is 0.710. The lowest BCUT2D eigenvalue weighted by Crippen LogP contribution is -2.46. The van der Waals surface area contributed by atoms with Gasteiger partial charge in [0.05, 0.1) is 6.42 Å². The molecule has 152 valence electrons. The lowest BCUT2D eigenvalue weighted by atomic mass is 10.0. The molecule has 12 heteroatoms. The number of piperazine rings is 1. The Morgan fingerprint density at radius 3 is 2.08 bits per heavy atom. The minimum Gasteiger partial charge on any atom is -0.403 e. The molecule has 3 nitrogen and oxygen atoms in total. The molecule has 0 aromatic heterocycles. The molecule has 1 saturated heterocycles. The van der Waals surface area contributed by atoms with Crippen LogP contribution in [-0.2, 0) is 0 Å². The zero-order valence-electron chi connectivity index (χ0n) is 13.2. The van der Waals surface area contributed by atoms with E-state index in [0.29, 0.717) is 38.3 Å². The van der Waals surface area contributed by atoms with E-state index in [0.717, 1.165) is 6.07 Å². The van der Waals surface area contributed by atoms with Crippen molar-refractivity contribution >= 4 is 24.8 Å². The topological polar surface area (TPSA) is 24.5 Å². The van der Waals surface area contributed by atoms with Crippen molar-refractivity contribution in [1.82, 2.24) is 10.2 Å². The molecular formula is C14H17Cl2F7N2O. The van der Waals surface area contributed by atoms with Crippen molar-refractivity contribution in [2.24, 2.45) is 0 Å². The highest BCUT2D eigenvalue weighted by Crippen LogP contribution is 2.36. The average molecular weight is 433 g/mol. The summed E-state index contributed by atoms with van der Waals surface area (Å²) in [6.45, 7) is 1.60. The van der Waals surface area contributed by atoms with Gasteiger partial charge < -0.3 is 10.1 Å². The Morgan fingerprint density at radius 2 is 1.62 bits per heavy atom. The van der Waals surface area contributed by atoms with Crippen LogP contribution in [0.5, 0.6) is 5.75 Å². The van der Waals surface area contributed by atoms with Gasteiger partial charge in [0.25, 0.3) is 0 Å². The van der Waals surface area contributed by atoms with Crippen LogP contribution >= 0.6 is 24.8 Å². The van der Waals surface area contributed by atoms with E-state index in [9.17, 15) is 30.7 Å². The first-order chi connectivity index (χ1) is 11.1. The number of hydrogen-bond donors (Lipinski definition) is 1. The Labute approximate surface area is 157 Å². The predicted molar refractivity (Wildman–Crippen MR) is 85.4 cm³/mol. The van der Waals surface area contributed by atoms with Gasteiger partial charge in [-0.25, -0.2) is 4.39 Å². The Balaban J connectivity index is 0.00000312. The highest BCUT2D eigenvalue weighted by Gasteiger charge is 2.37. The smallest absolute Gasteiger partial charge is 0.403 e. The third kappa shape index (κ3) is 7.73. The molecule has 1 aromatic carbocycles. The Bertz CT molecular complexity index is 563. The molecule has 1 heterocycles. The van der Waals surface area contributed by atoms with Gasteiger partial charge in [0.1, 0.15) is 0 Å². The molecule has 1 N–H and O–H groups in total. The molecule has 1 aliphatic rings. The monoisotopic (exact) mass is 432 g/mol. The van der Waals surface area contributed by atoms with Crippen molar-refractivity contribution in [3.63, 3.8) is 0 Å². The third-order valence-electron chi connectivity index (χ3n) is 3.58. The van der Waals surface area contributed by atoms with Gasteiger partial charge in [-0.15, -0.1) is 38.0 Å². The molecule has 1 atom stereocenters. The van der Waals surface area contributed by atoms with Crippen LogP contribution in [0.1, 0.15) is 18.0 Å². The molecule has 1 aliphatic heterocycles. The van der Waals surface area contributed by atoms with Crippen LogP contribution in [0.2, 0.25) is 0 Å². The molecule has 0 radical (unpaired) electrons. The second-order valence-electron chi connectivity index (χ2n) is 5.36. The van der Waals surface area contributed by atoms with Crippen molar-refractivity contribution in [3.8, 4) is 5.75 Å². The summed E-state index contributed by atoms with van der Waals surface area (Å²) in [5, 5.41) is 2.99. The zero-order chi connectivity index (χ0) is 18.0. The third-order valence-corrected chi connectivity index (χ3v) is 3.58. The molecule has 1 fully saturated rings. The number of rotatable bonds is 4. The normalized spacial score (nSPS) is 17.0. The lowest BCUT2D eigenvalue weighted by molar-refractivity contribution is -0.275. The number of hydrogen-bond acceptors (Lipinski definition) is 3. The van der Waals surface area contributed by atoms with E-state index in [1.54, 1.807) is 0 Å². The average Bonchev–Trinajstić information content (AvgIpc) is 2.46. The highest BCUT2D eigenvalue weighted by atomic mass is 35.5. The molecule has 0 unspecified atom stereocenters. The van der Waals surface area contributed by atoms with Crippen LogP contribution in [0.4, 0.5) is 30.7 Å². The minimum atomic E-state index is -5.08. The maximum atomic E-state index is 13.8. The van der Waals surface area contributed by atoms with Gasteiger partial charge in [0, 0.05) is 32.2 Å². The van der Waals surface area contributed by atoms with Crippen LogP contribution < -0.4 is 10.1 Å². The van der Waals surface area contributed by atoms with E-state index in [1.807, 2.05) is 0 Å². The van der Waals surface area contributed by atoms with Crippen molar-refractivity contribution in [2.75, 3.05) is 26.2 Å². The van der Waals surface area contributed by atoms with Gasteiger partial charge in [0.2, 0.25) is 0 Å². The number of halogens is 9. The van der Waals surface area contributed by atoms with Gasteiger partial charge >= 0.3 is 12.5 Å². The summed E-state index contributed by atoms with van der Waals surface area (Å²) in [5.74, 6) is -2.43. The first kappa shape index (κ1) is 25.0. The van der Waals surface area contributed by atoms with Crippen molar-refractivity contribution in [2.45, 2.75) is 25.0 Å². The molecule has 26 heavy (non-hydrogen) atoms. The van der Waals surface area contributed by atoms with Crippen LogP contribution in [0.3, 0.4) is 0 Å². The fourth-order valence-electron chi connectivity index (χ4n) is 2.60. The summed E-state index contributed by atoms with van der Waals surface area (Å²) in [6, 6.07) is 1.23. The van der Waals surface area contributed by atoms with Crippen LogP contribution in [0, 0.1) is 5.82 Å². The van der Waals surface area contributed by atoms with Gasteiger partial charge in [-0.2, -0.15) is 13.2 Å². The number of nitrogens with zero attached hydrogens (tertiary/aromatic N) is 1. The van der Waals surface area contributed by atoms with Gasteiger partial charge in [0.15, 0.2) is 11.6 Å². The summed E-state index contributed by atoms with van der Waals surface area (Å²) >= 11 is 0. The Morgan fingerprint density at radius 1 is 1.04 bits per heavy atom. The van der Waals surface area contributed by atoms with Crippen LogP contribution in [0.15, 0.2) is 18.2 Å². The van der Waals surface area contributed by atoms with E-state index >= 15 is 0 Å². The van der Waals surface area contributed by atoms with E-state index in [2.05, 4.69) is 10.1 Å². The molecule has 0 saturated carbocycles. The summed E-state index contributed by atoms with van der Waals surface area (Å²) in [7, 11) is 0. The molecule has 1 aromatic rings. The lowest BCUT2D eigenvalue weighted by Gasteiger charge is -2.35. The largest absolute Gasteiger partial charge is 0.573 e. The highest BCUT2D eigenvalue weighted by molar-refractivity contribution is 5.85. The molecule has 0 amide bonds. The van der Waals surface area contributed by atoms with E-state index in [-0.39, 0.29) is 30.4 Å². The minimum absolute atomic E-state index is 0. The number of nitrogens with one attached hydrogen (secondary N) is 1. The zero-order valence-corrected chi connectivity index (χ0v) is 14.8. The van der Waals surface area contributed by atoms with Crippen LogP contribution in [0.25, 0.3) is 0 Å². The van der Waals surface area contributed by atoms with Crippen molar-refractivity contribution < 1.29 is 35.5 Å². The Kier molecular flexibility index (Phi) is 9.45. The van der Waals surface area contributed by atoms with E-state index in [1.165, 1.54) is 4.90 Å². The van der Waals surface area contributed by atoms with Crippen molar-refractivity contribution in [3.05, 3.63) is 29.6 Å². The first-order valence-electron chi connectivity index (χ1n) is 7.12. The first-order valence-corrected chi connectivity index (χ1v) is 7.12. The molecule has 0 aliphatic carbocycles. The summed E-state index contributed by atoms with van der Waals surface area (Å²) in [5.41, 5.74) is -0.0405. The predicted octanol–water partition coefficient (Wildman–Crippen LogP) is 4.47. The SMILES string of the molecule is Cl.Cl.Fc1cc([C@H](CC(F)(F)F)N2CCNCC2)ccc1OC(F)(F)F. The maximum Gasteiger partial charge on any atom is 0.573 e. The van der Waals surface area contributed by atoms with Gasteiger partial charge in [-0.1, -0.05) is 6.07 Å². The summed E-state index contributed by atoms with van der Waals surface area (Å²) in [4.78, 5) is 1.53. The molecule has 2 rings (SSSR count). The Hall–Kier alpha value is -0.970. The fourth-order valence-corrected chi connectivity index (χ4v) is 2.60. The van der Waals surface area contributed by atoms with Gasteiger partial charge in [-0.05, 0) is 17.7 Å². The summed E-state index contributed by atoms with van der Waals surface area (Å²) in [6.07, 6.45) is -10.8.